The fourth-order valence-electron chi connectivity index (χ4n) is 3.74. The zero-order valence-corrected chi connectivity index (χ0v) is 15.3. The Balaban J connectivity index is 1.56. The van der Waals surface area contributed by atoms with Crippen LogP contribution in [0, 0.1) is 0 Å². The largest absolute Gasteiger partial charge is 0.378 e. The molecule has 2 fully saturated rings. The molecule has 6 heteroatoms. The molecule has 0 bridgehead atoms. The average Bonchev–Trinajstić information content (AvgIpc) is 2.63. The minimum Gasteiger partial charge on any atom is -0.378 e. The standard InChI is InChI=1S/C18H31N5O/c1-4-17-14-21(5-6-23(17)15(2)3)13-16-11-19-18(20-12-16)22-7-9-24-10-8-22/h11-12,15,17H,4-10,13-14H2,1-3H3. The van der Waals surface area contributed by atoms with Gasteiger partial charge >= 0.3 is 0 Å². The van der Waals surface area contributed by atoms with Crippen molar-refractivity contribution in [1.29, 1.82) is 0 Å². The maximum absolute atomic E-state index is 5.38. The summed E-state index contributed by atoms with van der Waals surface area (Å²) in [5.74, 6) is 0.832. The van der Waals surface area contributed by atoms with Crippen molar-refractivity contribution in [2.75, 3.05) is 50.8 Å². The van der Waals surface area contributed by atoms with Crippen molar-refractivity contribution in [2.24, 2.45) is 0 Å². The molecule has 0 aliphatic carbocycles. The number of aromatic nitrogens is 2. The van der Waals surface area contributed by atoms with Crippen molar-refractivity contribution in [1.82, 2.24) is 19.8 Å². The van der Waals surface area contributed by atoms with Gasteiger partial charge in [-0.3, -0.25) is 9.80 Å². The van der Waals surface area contributed by atoms with Gasteiger partial charge in [-0.2, -0.15) is 0 Å². The molecule has 0 amide bonds. The molecule has 1 unspecified atom stereocenters. The lowest BCUT2D eigenvalue weighted by Crippen LogP contribution is -2.54. The number of morpholine rings is 1. The molecule has 0 aromatic carbocycles. The van der Waals surface area contributed by atoms with E-state index in [4.69, 9.17) is 4.74 Å². The van der Waals surface area contributed by atoms with Crippen LogP contribution in [0.4, 0.5) is 5.95 Å². The first-order chi connectivity index (χ1) is 11.7. The Kier molecular flexibility index (Phi) is 6.03. The monoisotopic (exact) mass is 333 g/mol. The van der Waals surface area contributed by atoms with Gasteiger partial charge < -0.3 is 9.64 Å². The van der Waals surface area contributed by atoms with Gasteiger partial charge in [0.05, 0.1) is 13.2 Å². The summed E-state index contributed by atoms with van der Waals surface area (Å²) in [7, 11) is 0. The van der Waals surface area contributed by atoms with Gasteiger partial charge in [0.1, 0.15) is 0 Å². The van der Waals surface area contributed by atoms with E-state index in [9.17, 15) is 0 Å². The third-order valence-corrected chi connectivity index (χ3v) is 5.14. The van der Waals surface area contributed by atoms with Crippen molar-refractivity contribution >= 4 is 5.95 Å². The van der Waals surface area contributed by atoms with Crippen LogP contribution in [0.3, 0.4) is 0 Å². The Labute approximate surface area is 145 Å². The van der Waals surface area contributed by atoms with Gasteiger partial charge in [-0.15, -0.1) is 0 Å². The zero-order chi connectivity index (χ0) is 16.9. The quantitative estimate of drug-likeness (QED) is 0.816. The molecule has 0 spiro atoms. The summed E-state index contributed by atoms with van der Waals surface area (Å²) >= 11 is 0. The minimum absolute atomic E-state index is 0.633. The SMILES string of the molecule is CCC1CN(Cc2cnc(N3CCOCC3)nc2)CCN1C(C)C. The lowest BCUT2D eigenvalue weighted by molar-refractivity contribution is 0.0456. The fraction of sp³-hybridized carbons (Fsp3) is 0.778. The second-order valence-electron chi connectivity index (χ2n) is 7.12. The van der Waals surface area contributed by atoms with Crippen LogP contribution in [0.1, 0.15) is 32.8 Å². The molecular weight excluding hydrogens is 302 g/mol. The van der Waals surface area contributed by atoms with E-state index in [0.717, 1.165) is 58.4 Å². The predicted octanol–water partition coefficient (Wildman–Crippen LogP) is 1.62. The molecule has 1 atom stereocenters. The lowest BCUT2D eigenvalue weighted by Gasteiger charge is -2.43. The van der Waals surface area contributed by atoms with E-state index in [1.54, 1.807) is 0 Å². The van der Waals surface area contributed by atoms with Gasteiger partial charge in [0.15, 0.2) is 0 Å². The molecule has 0 radical (unpaired) electrons. The van der Waals surface area contributed by atoms with Crippen molar-refractivity contribution in [3.8, 4) is 0 Å². The van der Waals surface area contributed by atoms with Gasteiger partial charge in [-0.25, -0.2) is 9.97 Å². The van der Waals surface area contributed by atoms with Gasteiger partial charge in [0.2, 0.25) is 5.95 Å². The smallest absolute Gasteiger partial charge is 0.225 e. The second kappa shape index (κ2) is 8.23. The Morgan fingerprint density at radius 1 is 1.12 bits per heavy atom. The first kappa shape index (κ1) is 17.6. The highest BCUT2D eigenvalue weighted by Gasteiger charge is 2.27. The summed E-state index contributed by atoms with van der Waals surface area (Å²) in [6.07, 6.45) is 5.20. The molecule has 3 heterocycles. The van der Waals surface area contributed by atoms with Crippen LogP contribution in [0.2, 0.25) is 0 Å². The summed E-state index contributed by atoms with van der Waals surface area (Å²) in [6, 6.07) is 1.29. The number of rotatable bonds is 5. The van der Waals surface area contributed by atoms with Crippen molar-refractivity contribution in [3.63, 3.8) is 0 Å². The topological polar surface area (TPSA) is 44.7 Å². The fourth-order valence-corrected chi connectivity index (χ4v) is 3.74. The third-order valence-electron chi connectivity index (χ3n) is 5.14. The molecule has 24 heavy (non-hydrogen) atoms. The molecule has 1 aromatic heterocycles. The van der Waals surface area contributed by atoms with E-state index in [1.165, 1.54) is 12.0 Å². The molecule has 2 saturated heterocycles. The highest BCUT2D eigenvalue weighted by atomic mass is 16.5. The number of hydrogen-bond acceptors (Lipinski definition) is 6. The number of ether oxygens (including phenoxy) is 1. The second-order valence-corrected chi connectivity index (χ2v) is 7.12. The van der Waals surface area contributed by atoms with Crippen LogP contribution < -0.4 is 4.90 Å². The molecule has 0 N–H and O–H groups in total. The van der Waals surface area contributed by atoms with E-state index in [-0.39, 0.29) is 0 Å². The zero-order valence-electron chi connectivity index (χ0n) is 15.3. The van der Waals surface area contributed by atoms with E-state index < -0.39 is 0 Å². The normalized spacial score (nSPS) is 23.8. The molecule has 1 aromatic rings. The molecule has 2 aliphatic heterocycles. The average molecular weight is 333 g/mol. The van der Waals surface area contributed by atoms with Crippen LogP contribution in [-0.4, -0.2) is 77.8 Å². The summed E-state index contributed by atoms with van der Waals surface area (Å²) < 4.78 is 5.38. The first-order valence-corrected chi connectivity index (χ1v) is 9.29. The first-order valence-electron chi connectivity index (χ1n) is 9.29. The number of nitrogens with zero attached hydrogens (tertiary/aromatic N) is 5. The van der Waals surface area contributed by atoms with Gasteiger partial charge in [0.25, 0.3) is 0 Å². The number of hydrogen-bond donors (Lipinski definition) is 0. The maximum Gasteiger partial charge on any atom is 0.225 e. The molecule has 134 valence electrons. The van der Waals surface area contributed by atoms with E-state index in [2.05, 4.69) is 45.4 Å². The summed E-state index contributed by atoms with van der Waals surface area (Å²) in [5.41, 5.74) is 1.21. The van der Waals surface area contributed by atoms with Crippen molar-refractivity contribution in [3.05, 3.63) is 18.0 Å². The van der Waals surface area contributed by atoms with Gasteiger partial charge in [-0.05, 0) is 20.3 Å². The highest BCUT2D eigenvalue weighted by molar-refractivity contribution is 5.30. The van der Waals surface area contributed by atoms with E-state index in [1.807, 2.05) is 12.4 Å². The Morgan fingerprint density at radius 3 is 2.46 bits per heavy atom. The van der Waals surface area contributed by atoms with Crippen molar-refractivity contribution in [2.45, 2.75) is 45.8 Å². The van der Waals surface area contributed by atoms with Crippen LogP contribution in [-0.2, 0) is 11.3 Å². The Bertz CT molecular complexity index is 501. The number of piperazine rings is 1. The Morgan fingerprint density at radius 2 is 1.83 bits per heavy atom. The van der Waals surface area contributed by atoms with Gasteiger partial charge in [0, 0.05) is 69.3 Å². The molecule has 3 rings (SSSR count). The summed E-state index contributed by atoms with van der Waals surface area (Å²) in [5, 5.41) is 0. The molecule has 0 saturated carbocycles. The summed E-state index contributed by atoms with van der Waals surface area (Å²) in [6.45, 7) is 14.6. The molecule has 2 aliphatic rings. The maximum atomic E-state index is 5.38. The summed E-state index contributed by atoms with van der Waals surface area (Å²) in [4.78, 5) is 16.5. The third kappa shape index (κ3) is 4.23. The van der Waals surface area contributed by atoms with E-state index >= 15 is 0 Å². The van der Waals surface area contributed by atoms with Crippen LogP contribution in [0.15, 0.2) is 12.4 Å². The minimum atomic E-state index is 0.633. The molecular formula is C18H31N5O. The molecule has 6 nitrogen and oxygen atoms in total. The Hall–Kier alpha value is -1.24. The highest BCUT2D eigenvalue weighted by Crippen LogP contribution is 2.18. The number of anilines is 1. The lowest BCUT2D eigenvalue weighted by atomic mass is 10.1. The predicted molar refractivity (Wildman–Crippen MR) is 96.3 cm³/mol. The van der Waals surface area contributed by atoms with Gasteiger partial charge in [-0.1, -0.05) is 6.92 Å². The van der Waals surface area contributed by atoms with Crippen molar-refractivity contribution < 1.29 is 4.74 Å². The van der Waals surface area contributed by atoms with E-state index in [0.29, 0.717) is 12.1 Å². The van der Waals surface area contributed by atoms with Crippen LogP contribution in [0.25, 0.3) is 0 Å². The van der Waals surface area contributed by atoms with Crippen LogP contribution >= 0.6 is 0 Å². The van der Waals surface area contributed by atoms with Crippen LogP contribution in [0.5, 0.6) is 0 Å².